The Labute approximate surface area is 320 Å². The molecule has 5 aromatic carbocycles. The number of aromatic nitrogens is 1. The molecule has 6 rings (SSSR count). The zero-order valence-electron chi connectivity index (χ0n) is 29.1. The van der Waals surface area contributed by atoms with Crippen molar-refractivity contribution in [3.63, 3.8) is 0 Å². The molecular formula is C38H34N4O9S4. The SMILES string of the molecule is CC(CN(S(=O)(=O)c1ccccc1)S(=O)(=O)c1ccccc1)(CN(S(=O)(=O)c1ccccc1)S(=O)(=O)c1ccccc1)O/N=C/c1cccc2cccnc12. The topological polar surface area (TPSA) is 178 Å². The van der Waals surface area contributed by atoms with E-state index in [0.717, 1.165) is 5.39 Å². The monoisotopic (exact) mass is 818 g/mol. The summed E-state index contributed by atoms with van der Waals surface area (Å²) in [5, 5.41) is 4.84. The summed E-state index contributed by atoms with van der Waals surface area (Å²) in [6, 6.07) is 35.7. The smallest absolute Gasteiger partial charge is 0.256 e. The first-order valence-electron chi connectivity index (χ1n) is 16.5. The molecule has 1 heterocycles. The molecule has 284 valence electrons. The molecule has 0 aliphatic rings. The highest BCUT2D eigenvalue weighted by molar-refractivity contribution is 8.04. The molecule has 0 unspecified atom stereocenters. The van der Waals surface area contributed by atoms with Crippen molar-refractivity contribution in [3.05, 3.63) is 163 Å². The number of pyridine rings is 1. The Morgan fingerprint density at radius 3 is 1.27 bits per heavy atom. The Morgan fingerprint density at radius 2 is 0.891 bits per heavy atom. The van der Waals surface area contributed by atoms with E-state index in [1.54, 1.807) is 48.7 Å². The molecule has 0 spiro atoms. The van der Waals surface area contributed by atoms with Crippen LogP contribution in [0.25, 0.3) is 10.9 Å². The zero-order chi connectivity index (χ0) is 39.3. The molecule has 0 radical (unpaired) electrons. The first-order chi connectivity index (χ1) is 26.2. The van der Waals surface area contributed by atoms with Crippen LogP contribution >= 0.6 is 0 Å². The van der Waals surface area contributed by atoms with Crippen LogP contribution in [0, 0.1) is 0 Å². The fraction of sp³-hybridized carbons (Fsp3) is 0.105. The van der Waals surface area contributed by atoms with Crippen molar-refractivity contribution in [1.29, 1.82) is 0 Å². The third-order valence-corrected chi connectivity index (χ3v) is 16.8. The van der Waals surface area contributed by atoms with E-state index in [1.807, 2.05) is 12.1 Å². The molecule has 0 saturated carbocycles. The van der Waals surface area contributed by atoms with Gasteiger partial charge in [-0.25, -0.2) is 33.7 Å². The molecule has 13 nitrogen and oxygen atoms in total. The standard InChI is InChI=1S/C38H34N4O9S4/c1-38(51-40-28-32-17-14-16-31-18-15-27-39-37(31)32,29-41(52(43,44)33-19-6-2-7-20-33)53(45,46)34-21-8-3-9-22-34)30-42(54(47,48)35-23-10-4-11-24-35)55(49,50)36-25-12-5-13-26-36/h2-28H,29-30H2,1H3/b40-28+. The van der Waals surface area contributed by atoms with Crippen molar-refractivity contribution in [2.45, 2.75) is 32.1 Å². The summed E-state index contributed by atoms with van der Waals surface area (Å²) < 4.78 is 115. The van der Waals surface area contributed by atoms with Gasteiger partial charge < -0.3 is 4.84 Å². The van der Waals surface area contributed by atoms with Gasteiger partial charge in [0.05, 0.1) is 44.4 Å². The van der Waals surface area contributed by atoms with Crippen molar-refractivity contribution in [1.82, 2.24) is 12.4 Å². The summed E-state index contributed by atoms with van der Waals surface area (Å²) in [5.74, 6) is 0. The third kappa shape index (κ3) is 8.36. The highest BCUT2D eigenvalue weighted by Crippen LogP contribution is 2.32. The predicted molar refractivity (Wildman–Crippen MR) is 207 cm³/mol. The van der Waals surface area contributed by atoms with Crippen LogP contribution in [0.2, 0.25) is 0 Å². The second kappa shape index (κ2) is 15.8. The van der Waals surface area contributed by atoms with Crippen LogP contribution in [0.4, 0.5) is 0 Å². The van der Waals surface area contributed by atoms with Crippen LogP contribution in [0.3, 0.4) is 0 Å². The van der Waals surface area contributed by atoms with E-state index in [0.29, 0.717) is 11.1 Å². The molecule has 0 fully saturated rings. The average Bonchev–Trinajstić information content (AvgIpc) is 3.20. The quantitative estimate of drug-likeness (QED) is 0.0949. The third-order valence-electron chi connectivity index (χ3n) is 8.29. The fourth-order valence-corrected chi connectivity index (χ4v) is 13.4. The van der Waals surface area contributed by atoms with E-state index in [1.165, 1.54) is 110 Å². The number of para-hydroxylation sites is 1. The lowest BCUT2D eigenvalue weighted by Gasteiger charge is -2.35. The summed E-state index contributed by atoms with van der Waals surface area (Å²) in [7, 11) is -19.9. The minimum Gasteiger partial charge on any atom is -0.387 e. The van der Waals surface area contributed by atoms with Crippen LogP contribution in [-0.4, -0.2) is 71.0 Å². The van der Waals surface area contributed by atoms with Crippen LogP contribution < -0.4 is 0 Å². The largest absolute Gasteiger partial charge is 0.387 e. The van der Waals surface area contributed by atoms with Gasteiger partial charge >= 0.3 is 0 Å². The Kier molecular flexibility index (Phi) is 11.3. The van der Waals surface area contributed by atoms with E-state index in [2.05, 4.69) is 10.1 Å². The normalized spacial score (nSPS) is 13.1. The first kappa shape index (κ1) is 39.4. The number of hydrogen-bond acceptors (Lipinski definition) is 11. The van der Waals surface area contributed by atoms with Crippen molar-refractivity contribution in [3.8, 4) is 0 Å². The minimum absolute atomic E-state index is 0.169. The van der Waals surface area contributed by atoms with Gasteiger partial charge in [0.1, 0.15) is 0 Å². The predicted octanol–water partition coefficient (Wildman–Crippen LogP) is 5.50. The molecule has 0 aliphatic carbocycles. The highest BCUT2D eigenvalue weighted by atomic mass is 32.3. The number of hydrogen-bond donors (Lipinski definition) is 0. The van der Waals surface area contributed by atoms with Gasteiger partial charge in [0.2, 0.25) is 0 Å². The maximum Gasteiger partial charge on any atom is 0.256 e. The van der Waals surface area contributed by atoms with Gasteiger partial charge in [-0.3, -0.25) is 4.98 Å². The van der Waals surface area contributed by atoms with E-state index in [9.17, 15) is 33.7 Å². The fourth-order valence-electron chi connectivity index (χ4n) is 5.53. The molecule has 55 heavy (non-hydrogen) atoms. The van der Waals surface area contributed by atoms with Crippen molar-refractivity contribution < 1.29 is 38.5 Å². The highest BCUT2D eigenvalue weighted by Gasteiger charge is 2.48. The molecule has 6 aromatic rings. The van der Waals surface area contributed by atoms with Crippen LogP contribution in [-0.2, 0) is 44.9 Å². The van der Waals surface area contributed by atoms with Crippen LogP contribution in [0.1, 0.15) is 12.5 Å². The molecule has 0 aliphatic heterocycles. The Balaban J connectivity index is 1.55. The van der Waals surface area contributed by atoms with E-state index in [-0.39, 0.29) is 7.42 Å². The van der Waals surface area contributed by atoms with Crippen LogP contribution in [0.5, 0.6) is 0 Å². The molecule has 0 N–H and O–H groups in total. The summed E-state index contributed by atoms with van der Waals surface area (Å²) in [6.45, 7) is -1.11. The van der Waals surface area contributed by atoms with Gasteiger partial charge in [-0.2, -0.15) is 0 Å². The second-order valence-corrected chi connectivity index (χ2v) is 20.2. The number of nitrogens with zero attached hydrogens (tertiary/aromatic N) is 4. The lowest BCUT2D eigenvalue weighted by atomic mass is 10.1. The number of sulfonamides is 4. The maximum atomic E-state index is 14.4. The molecule has 0 saturated heterocycles. The van der Waals surface area contributed by atoms with Gasteiger partial charge in [0, 0.05) is 17.1 Å². The Morgan fingerprint density at radius 1 is 0.527 bits per heavy atom. The average molecular weight is 819 g/mol. The lowest BCUT2D eigenvalue weighted by molar-refractivity contribution is -0.0348. The van der Waals surface area contributed by atoms with Crippen molar-refractivity contribution >= 4 is 57.2 Å². The van der Waals surface area contributed by atoms with Gasteiger partial charge in [0.15, 0.2) is 5.60 Å². The Bertz CT molecular complexity index is 2470. The van der Waals surface area contributed by atoms with Gasteiger partial charge in [-0.1, -0.05) is 110 Å². The summed E-state index contributed by atoms with van der Waals surface area (Å²) >= 11 is 0. The van der Waals surface area contributed by atoms with E-state index >= 15 is 0 Å². The Hall–Kier alpha value is -5.30. The van der Waals surface area contributed by atoms with Gasteiger partial charge in [-0.05, 0) is 61.5 Å². The van der Waals surface area contributed by atoms with Crippen molar-refractivity contribution in [2.75, 3.05) is 13.1 Å². The molecular weight excluding hydrogens is 785 g/mol. The molecule has 1 aromatic heterocycles. The van der Waals surface area contributed by atoms with Crippen LogP contribution in [0.15, 0.2) is 183 Å². The van der Waals surface area contributed by atoms with Gasteiger partial charge in [0.25, 0.3) is 40.1 Å². The van der Waals surface area contributed by atoms with Gasteiger partial charge in [-0.15, -0.1) is 0 Å². The number of fused-ring (bicyclic) bond motifs is 1. The van der Waals surface area contributed by atoms with E-state index < -0.39 is 78.4 Å². The summed E-state index contributed by atoms with van der Waals surface area (Å²) in [6.07, 6.45) is 2.79. The summed E-state index contributed by atoms with van der Waals surface area (Å²) in [4.78, 5) is 8.71. The maximum absolute atomic E-state index is 14.4. The number of benzene rings is 5. The molecule has 17 heteroatoms. The molecule has 0 amide bonds. The van der Waals surface area contributed by atoms with E-state index in [4.69, 9.17) is 4.84 Å². The number of rotatable bonds is 15. The molecule has 0 atom stereocenters. The lowest BCUT2D eigenvalue weighted by Crippen LogP contribution is -2.54. The summed E-state index contributed by atoms with van der Waals surface area (Å²) in [5.41, 5.74) is -1.39. The first-order valence-corrected chi connectivity index (χ1v) is 22.2. The number of oxime groups is 1. The minimum atomic E-state index is -4.97. The molecule has 0 bridgehead atoms. The van der Waals surface area contributed by atoms with Crippen molar-refractivity contribution in [2.24, 2.45) is 5.16 Å². The zero-order valence-corrected chi connectivity index (χ0v) is 32.4. The second-order valence-electron chi connectivity index (χ2n) is 12.3.